The van der Waals surface area contributed by atoms with Crippen LogP contribution in [0, 0.1) is 0 Å². The van der Waals surface area contributed by atoms with Gasteiger partial charge in [0.15, 0.2) is 0 Å². The SMILES string of the molecule is COc1ccc(/C=N\n2c(-c3ccc(OC)cc3)csc2=NC2CC2)cc1. The molecule has 1 aliphatic rings. The Morgan fingerprint density at radius 1 is 0.963 bits per heavy atom. The van der Waals surface area contributed by atoms with E-state index in [0.717, 1.165) is 46.0 Å². The Kier molecular flexibility index (Phi) is 5.07. The Labute approximate surface area is 162 Å². The van der Waals surface area contributed by atoms with Gasteiger partial charge in [-0.3, -0.25) is 4.99 Å². The molecule has 0 amide bonds. The Morgan fingerprint density at radius 3 is 2.19 bits per heavy atom. The fraction of sp³-hybridized carbons (Fsp3) is 0.238. The average Bonchev–Trinajstić information content (AvgIpc) is 3.45. The molecule has 138 valence electrons. The normalized spacial score (nSPS) is 14.7. The van der Waals surface area contributed by atoms with Crippen LogP contribution in [0.15, 0.2) is 64.0 Å². The van der Waals surface area contributed by atoms with Crippen LogP contribution in [-0.4, -0.2) is 31.2 Å². The number of hydrogen-bond acceptors (Lipinski definition) is 5. The van der Waals surface area contributed by atoms with E-state index in [1.807, 2.05) is 59.4 Å². The van der Waals surface area contributed by atoms with Gasteiger partial charge in [-0.2, -0.15) is 5.10 Å². The number of nitrogens with zero attached hydrogens (tertiary/aromatic N) is 3. The molecule has 1 heterocycles. The molecule has 0 N–H and O–H groups in total. The highest BCUT2D eigenvalue weighted by Crippen LogP contribution is 2.25. The van der Waals surface area contributed by atoms with E-state index < -0.39 is 0 Å². The third-order valence-electron chi connectivity index (χ3n) is 4.35. The molecule has 4 rings (SSSR count). The van der Waals surface area contributed by atoms with Crippen molar-refractivity contribution in [3.8, 4) is 22.8 Å². The van der Waals surface area contributed by atoms with Crippen molar-refractivity contribution in [2.75, 3.05) is 14.2 Å². The summed E-state index contributed by atoms with van der Waals surface area (Å²) in [5.74, 6) is 1.67. The summed E-state index contributed by atoms with van der Waals surface area (Å²) in [6.45, 7) is 0. The largest absolute Gasteiger partial charge is 0.497 e. The molecule has 0 bridgehead atoms. The van der Waals surface area contributed by atoms with E-state index in [1.54, 1.807) is 25.6 Å². The molecule has 1 aliphatic carbocycles. The van der Waals surface area contributed by atoms with Crippen LogP contribution in [0.4, 0.5) is 0 Å². The van der Waals surface area contributed by atoms with Crippen molar-refractivity contribution in [2.45, 2.75) is 18.9 Å². The first kappa shape index (κ1) is 17.5. The summed E-state index contributed by atoms with van der Waals surface area (Å²) in [5.41, 5.74) is 3.11. The van der Waals surface area contributed by atoms with Gasteiger partial charge in [-0.05, 0) is 66.9 Å². The van der Waals surface area contributed by atoms with Crippen LogP contribution in [0.2, 0.25) is 0 Å². The van der Waals surface area contributed by atoms with E-state index in [1.165, 1.54) is 0 Å². The summed E-state index contributed by atoms with van der Waals surface area (Å²) in [6, 6.07) is 16.3. The van der Waals surface area contributed by atoms with Gasteiger partial charge in [-0.15, -0.1) is 11.3 Å². The van der Waals surface area contributed by atoms with Crippen molar-refractivity contribution in [3.05, 3.63) is 64.3 Å². The van der Waals surface area contributed by atoms with Gasteiger partial charge in [-0.25, -0.2) is 4.68 Å². The Morgan fingerprint density at radius 2 is 1.59 bits per heavy atom. The third-order valence-corrected chi connectivity index (χ3v) is 5.18. The lowest BCUT2D eigenvalue weighted by molar-refractivity contribution is 0.414. The Hall–Kier alpha value is -2.86. The van der Waals surface area contributed by atoms with Gasteiger partial charge in [0.1, 0.15) is 11.5 Å². The molecule has 2 aromatic carbocycles. The van der Waals surface area contributed by atoms with Gasteiger partial charge < -0.3 is 9.47 Å². The van der Waals surface area contributed by atoms with Crippen molar-refractivity contribution in [2.24, 2.45) is 10.1 Å². The monoisotopic (exact) mass is 379 g/mol. The molecule has 0 spiro atoms. The van der Waals surface area contributed by atoms with Gasteiger partial charge in [0.05, 0.1) is 32.2 Å². The molecule has 0 aliphatic heterocycles. The van der Waals surface area contributed by atoms with Crippen molar-refractivity contribution < 1.29 is 9.47 Å². The first-order valence-corrected chi connectivity index (χ1v) is 9.72. The number of aromatic nitrogens is 1. The van der Waals surface area contributed by atoms with E-state index in [9.17, 15) is 0 Å². The zero-order valence-corrected chi connectivity index (χ0v) is 16.1. The Bertz CT molecular complexity index is 997. The van der Waals surface area contributed by atoms with Crippen LogP contribution >= 0.6 is 11.3 Å². The Balaban J connectivity index is 1.71. The summed E-state index contributed by atoms with van der Waals surface area (Å²) < 4.78 is 12.4. The fourth-order valence-electron chi connectivity index (χ4n) is 2.63. The molecule has 3 aromatic rings. The van der Waals surface area contributed by atoms with Crippen LogP contribution in [0.3, 0.4) is 0 Å². The van der Waals surface area contributed by atoms with Crippen LogP contribution in [-0.2, 0) is 0 Å². The zero-order chi connectivity index (χ0) is 18.6. The lowest BCUT2D eigenvalue weighted by atomic mass is 10.2. The lowest BCUT2D eigenvalue weighted by Gasteiger charge is -2.05. The number of benzene rings is 2. The second-order valence-electron chi connectivity index (χ2n) is 6.32. The van der Waals surface area contributed by atoms with Gasteiger partial charge in [0, 0.05) is 10.9 Å². The smallest absolute Gasteiger partial charge is 0.206 e. The summed E-state index contributed by atoms with van der Waals surface area (Å²) >= 11 is 1.62. The first-order valence-electron chi connectivity index (χ1n) is 8.84. The quantitative estimate of drug-likeness (QED) is 0.603. The van der Waals surface area contributed by atoms with E-state index in [4.69, 9.17) is 19.6 Å². The highest BCUT2D eigenvalue weighted by atomic mass is 32.1. The summed E-state index contributed by atoms with van der Waals surface area (Å²) in [4.78, 5) is 5.74. The van der Waals surface area contributed by atoms with E-state index in [2.05, 4.69) is 5.38 Å². The molecule has 0 atom stereocenters. The van der Waals surface area contributed by atoms with Crippen LogP contribution in [0.5, 0.6) is 11.5 Å². The summed E-state index contributed by atoms with van der Waals surface area (Å²) in [5, 5.41) is 6.83. The lowest BCUT2D eigenvalue weighted by Crippen LogP contribution is -2.13. The fourth-order valence-corrected chi connectivity index (χ4v) is 3.54. The average molecular weight is 379 g/mol. The number of hydrogen-bond donors (Lipinski definition) is 0. The number of thiazole rings is 1. The molecule has 1 aromatic heterocycles. The number of ether oxygens (including phenoxy) is 2. The molecular formula is C21H21N3O2S. The van der Waals surface area contributed by atoms with Gasteiger partial charge in [0.2, 0.25) is 4.80 Å². The van der Waals surface area contributed by atoms with E-state index >= 15 is 0 Å². The van der Waals surface area contributed by atoms with E-state index in [-0.39, 0.29) is 0 Å². The van der Waals surface area contributed by atoms with Crippen molar-refractivity contribution in [1.82, 2.24) is 4.68 Å². The molecule has 0 radical (unpaired) electrons. The van der Waals surface area contributed by atoms with Crippen LogP contribution in [0.1, 0.15) is 18.4 Å². The van der Waals surface area contributed by atoms with Crippen molar-refractivity contribution in [3.63, 3.8) is 0 Å². The van der Waals surface area contributed by atoms with Crippen molar-refractivity contribution >= 4 is 17.6 Å². The predicted octanol–water partition coefficient (Wildman–Crippen LogP) is 4.18. The van der Waals surface area contributed by atoms with E-state index in [0.29, 0.717) is 6.04 Å². The zero-order valence-electron chi connectivity index (χ0n) is 15.3. The summed E-state index contributed by atoms with van der Waals surface area (Å²) in [6.07, 6.45) is 4.18. The third kappa shape index (κ3) is 4.11. The highest BCUT2D eigenvalue weighted by molar-refractivity contribution is 7.07. The van der Waals surface area contributed by atoms with Crippen LogP contribution < -0.4 is 14.3 Å². The van der Waals surface area contributed by atoms with Gasteiger partial charge >= 0.3 is 0 Å². The molecule has 1 saturated carbocycles. The number of rotatable bonds is 6. The first-order chi connectivity index (χ1) is 13.3. The predicted molar refractivity (Wildman–Crippen MR) is 109 cm³/mol. The molecule has 1 fully saturated rings. The molecule has 5 nitrogen and oxygen atoms in total. The second kappa shape index (κ2) is 7.80. The molecule has 6 heteroatoms. The molecular weight excluding hydrogens is 358 g/mol. The minimum Gasteiger partial charge on any atom is -0.497 e. The molecule has 0 unspecified atom stereocenters. The second-order valence-corrected chi connectivity index (χ2v) is 7.16. The maximum Gasteiger partial charge on any atom is 0.206 e. The standard InChI is InChI=1S/C21H21N3O2S/c1-25-18-9-3-15(4-10-18)13-22-24-20(14-27-21(24)23-17-7-8-17)16-5-11-19(26-2)12-6-16/h3-6,9-14,17H,7-8H2,1-2H3/b22-13-,23-21?. The molecule has 27 heavy (non-hydrogen) atoms. The maximum atomic E-state index is 5.26. The van der Waals surface area contributed by atoms with Gasteiger partial charge in [-0.1, -0.05) is 0 Å². The minimum atomic E-state index is 0.440. The van der Waals surface area contributed by atoms with Crippen molar-refractivity contribution in [1.29, 1.82) is 0 Å². The van der Waals surface area contributed by atoms with Crippen LogP contribution in [0.25, 0.3) is 11.3 Å². The summed E-state index contributed by atoms with van der Waals surface area (Å²) in [7, 11) is 3.34. The molecule has 0 saturated heterocycles. The maximum absolute atomic E-state index is 5.26. The topological polar surface area (TPSA) is 48.1 Å². The number of methoxy groups -OCH3 is 2. The highest BCUT2D eigenvalue weighted by Gasteiger charge is 2.20. The minimum absolute atomic E-state index is 0.440. The van der Waals surface area contributed by atoms with Gasteiger partial charge in [0.25, 0.3) is 0 Å².